The smallest absolute Gasteiger partial charge is 0.187 e. The Morgan fingerprint density at radius 2 is 2.16 bits per heavy atom. The molecule has 2 aliphatic rings. The molecule has 1 aliphatic carbocycles. The summed E-state index contributed by atoms with van der Waals surface area (Å²) in [5.74, 6) is 2.39. The Hall–Kier alpha value is -1.33. The Kier molecular flexibility index (Phi) is 2.63. The van der Waals surface area contributed by atoms with Crippen molar-refractivity contribution in [2.75, 3.05) is 5.75 Å². The largest absolute Gasteiger partial charge is 0.212 e. The molecule has 1 aromatic heterocycles. The fraction of sp³-hybridized carbons (Fsp3) is 0.308. The predicted octanol–water partition coefficient (Wildman–Crippen LogP) is 3.32. The summed E-state index contributed by atoms with van der Waals surface area (Å²) >= 11 is 7.75. The van der Waals surface area contributed by atoms with E-state index in [-0.39, 0.29) is 0 Å². The maximum absolute atomic E-state index is 6.04. The maximum Gasteiger partial charge on any atom is 0.212 e. The summed E-state index contributed by atoms with van der Waals surface area (Å²) in [7, 11) is 0. The lowest BCUT2D eigenvalue weighted by Gasteiger charge is -2.13. The molecule has 0 saturated heterocycles. The second-order valence-electron chi connectivity index (χ2n) is 4.78. The van der Waals surface area contributed by atoms with Gasteiger partial charge >= 0.3 is 0 Å². The molecule has 1 aromatic carbocycles. The summed E-state index contributed by atoms with van der Waals surface area (Å²) in [5, 5.41) is 14.7. The lowest BCUT2D eigenvalue weighted by molar-refractivity contribution is 0.754. The van der Waals surface area contributed by atoms with Crippen molar-refractivity contribution in [3.8, 4) is 11.4 Å². The Morgan fingerprint density at radius 1 is 1.26 bits per heavy atom. The number of nitrogens with zero attached hydrogens (tertiary/aromatic N) is 4. The summed E-state index contributed by atoms with van der Waals surface area (Å²) in [6, 6.07) is 7.65. The summed E-state index contributed by atoms with van der Waals surface area (Å²) in [5.41, 5.74) is 2.22. The first kappa shape index (κ1) is 11.5. The van der Waals surface area contributed by atoms with Crippen LogP contribution >= 0.6 is 23.4 Å². The number of hydrogen-bond donors (Lipinski definition) is 0. The molecule has 0 unspecified atom stereocenters. The number of rotatable bonds is 2. The van der Waals surface area contributed by atoms with Crippen LogP contribution in [0, 0.1) is 5.92 Å². The van der Waals surface area contributed by atoms with E-state index in [1.807, 2.05) is 28.9 Å². The van der Waals surface area contributed by atoms with Crippen LogP contribution in [0.25, 0.3) is 11.4 Å². The Bertz CT molecular complexity index is 675. The van der Waals surface area contributed by atoms with Gasteiger partial charge in [-0.25, -0.2) is 0 Å². The minimum atomic E-state index is 0.676. The molecule has 2 aromatic rings. The highest BCUT2D eigenvalue weighted by atomic mass is 35.5. The fourth-order valence-corrected chi connectivity index (χ4v) is 3.27. The number of benzene rings is 1. The first-order valence-electron chi connectivity index (χ1n) is 6.23. The molecule has 0 bridgehead atoms. The molecule has 1 fully saturated rings. The highest BCUT2D eigenvalue weighted by Gasteiger charge is 2.31. The Morgan fingerprint density at radius 3 is 2.95 bits per heavy atom. The first-order valence-corrected chi connectivity index (χ1v) is 7.59. The van der Waals surface area contributed by atoms with Gasteiger partial charge < -0.3 is 0 Å². The average Bonchev–Trinajstić information content (AvgIpc) is 3.18. The van der Waals surface area contributed by atoms with Gasteiger partial charge in [-0.3, -0.25) is 0 Å². The van der Waals surface area contributed by atoms with Crippen molar-refractivity contribution in [2.45, 2.75) is 18.0 Å². The number of halogens is 1. The topological polar surface area (TPSA) is 43.1 Å². The lowest BCUT2D eigenvalue weighted by Crippen LogP contribution is -2.14. The van der Waals surface area contributed by atoms with Gasteiger partial charge in [-0.2, -0.15) is 9.78 Å². The zero-order chi connectivity index (χ0) is 12.8. The molecule has 0 spiro atoms. The molecule has 4 rings (SSSR count). The van der Waals surface area contributed by atoms with Crippen LogP contribution in [0.15, 0.2) is 34.5 Å². The van der Waals surface area contributed by atoms with E-state index < -0.39 is 0 Å². The van der Waals surface area contributed by atoms with Crippen LogP contribution < -0.4 is 0 Å². The monoisotopic (exact) mass is 290 g/mol. The molecule has 4 nitrogen and oxygen atoms in total. The third kappa shape index (κ3) is 2.07. The second-order valence-corrected chi connectivity index (χ2v) is 6.16. The van der Waals surface area contributed by atoms with Gasteiger partial charge in [-0.05, 0) is 30.9 Å². The van der Waals surface area contributed by atoms with Crippen LogP contribution in [0.5, 0.6) is 0 Å². The molecule has 0 amide bonds. The third-order valence-corrected chi connectivity index (χ3v) is 4.51. The highest BCUT2D eigenvalue weighted by Crippen LogP contribution is 2.36. The summed E-state index contributed by atoms with van der Waals surface area (Å²) in [6.45, 7) is 0. The highest BCUT2D eigenvalue weighted by molar-refractivity contribution is 7.99. The predicted molar refractivity (Wildman–Crippen MR) is 76.7 cm³/mol. The van der Waals surface area contributed by atoms with Gasteiger partial charge in [0, 0.05) is 16.3 Å². The van der Waals surface area contributed by atoms with Gasteiger partial charge in [0.05, 0.1) is 5.71 Å². The van der Waals surface area contributed by atoms with Crippen LogP contribution in [-0.2, 0) is 0 Å². The van der Waals surface area contributed by atoms with E-state index >= 15 is 0 Å². The molecule has 96 valence electrons. The van der Waals surface area contributed by atoms with Crippen LogP contribution in [-0.4, -0.2) is 26.3 Å². The number of fused-ring (bicyclic) bond motifs is 1. The third-order valence-electron chi connectivity index (χ3n) is 3.32. The molecule has 1 aliphatic heterocycles. The molecule has 0 atom stereocenters. The molecule has 2 heterocycles. The van der Waals surface area contributed by atoms with Crippen molar-refractivity contribution >= 4 is 29.1 Å². The van der Waals surface area contributed by atoms with Crippen molar-refractivity contribution < 1.29 is 0 Å². The fourth-order valence-electron chi connectivity index (χ4n) is 2.17. The molecule has 6 heteroatoms. The Balaban J connectivity index is 1.81. The van der Waals surface area contributed by atoms with Gasteiger partial charge in [-0.15, -0.1) is 10.2 Å². The average molecular weight is 291 g/mol. The number of aromatic nitrogens is 3. The summed E-state index contributed by atoms with van der Waals surface area (Å²) in [6.07, 6.45) is 2.53. The zero-order valence-electron chi connectivity index (χ0n) is 10.1. The van der Waals surface area contributed by atoms with Crippen LogP contribution in [0.1, 0.15) is 12.8 Å². The van der Waals surface area contributed by atoms with Gasteiger partial charge in [0.1, 0.15) is 0 Å². The van der Waals surface area contributed by atoms with E-state index in [9.17, 15) is 0 Å². The van der Waals surface area contributed by atoms with Crippen molar-refractivity contribution in [1.29, 1.82) is 0 Å². The molecule has 19 heavy (non-hydrogen) atoms. The molecular weight excluding hydrogens is 280 g/mol. The van der Waals surface area contributed by atoms with Crippen LogP contribution in [0.2, 0.25) is 5.02 Å². The van der Waals surface area contributed by atoms with E-state index in [0.29, 0.717) is 10.9 Å². The quantitative estimate of drug-likeness (QED) is 0.852. The van der Waals surface area contributed by atoms with Gasteiger partial charge in [0.25, 0.3) is 0 Å². The Labute approximate surface area is 119 Å². The molecular formula is C13H11ClN4S. The summed E-state index contributed by atoms with van der Waals surface area (Å²) in [4.78, 5) is 0. The van der Waals surface area contributed by atoms with Crippen molar-refractivity contribution in [3.05, 3.63) is 29.3 Å². The minimum absolute atomic E-state index is 0.676. The van der Waals surface area contributed by atoms with Gasteiger partial charge in [0.2, 0.25) is 5.16 Å². The number of hydrogen-bond acceptors (Lipinski definition) is 4. The van der Waals surface area contributed by atoms with E-state index in [4.69, 9.17) is 16.7 Å². The van der Waals surface area contributed by atoms with E-state index in [2.05, 4.69) is 10.2 Å². The lowest BCUT2D eigenvalue weighted by atomic mass is 10.2. The zero-order valence-corrected chi connectivity index (χ0v) is 11.7. The summed E-state index contributed by atoms with van der Waals surface area (Å²) < 4.78 is 1.85. The van der Waals surface area contributed by atoms with Gasteiger partial charge in [-0.1, -0.05) is 35.5 Å². The maximum atomic E-state index is 6.04. The van der Waals surface area contributed by atoms with Crippen molar-refractivity contribution in [3.63, 3.8) is 0 Å². The molecule has 0 radical (unpaired) electrons. The first-order chi connectivity index (χ1) is 9.31. The SMILES string of the molecule is Clc1cccc(-c2nnc3n2N=C(C2CC2)CS3)c1. The van der Waals surface area contributed by atoms with Crippen LogP contribution in [0.4, 0.5) is 0 Å². The van der Waals surface area contributed by atoms with Crippen molar-refractivity contribution in [2.24, 2.45) is 11.0 Å². The van der Waals surface area contributed by atoms with Crippen molar-refractivity contribution in [1.82, 2.24) is 14.9 Å². The molecule has 0 N–H and O–H groups in total. The van der Waals surface area contributed by atoms with E-state index in [1.165, 1.54) is 18.6 Å². The minimum Gasteiger partial charge on any atom is -0.187 e. The van der Waals surface area contributed by atoms with E-state index in [0.717, 1.165) is 22.3 Å². The van der Waals surface area contributed by atoms with Gasteiger partial charge in [0.15, 0.2) is 5.82 Å². The second kappa shape index (κ2) is 4.35. The standard InChI is InChI=1S/C13H11ClN4S/c14-10-3-1-2-9(6-10)12-15-16-13-18(12)17-11(7-19-13)8-4-5-8/h1-3,6,8H,4-5,7H2. The normalized spacial score (nSPS) is 18.1. The van der Waals surface area contributed by atoms with E-state index in [1.54, 1.807) is 11.8 Å². The molecule has 1 saturated carbocycles. The van der Waals surface area contributed by atoms with Crippen LogP contribution in [0.3, 0.4) is 0 Å². The number of thioether (sulfide) groups is 1.